The van der Waals surface area contributed by atoms with Crippen LogP contribution in [0.1, 0.15) is 10.5 Å². The lowest BCUT2D eigenvalue weighted by atomic mass is 10.0. The van der Waals surface area contributed by atoms with E-state index in [-0.39, 0.29) is 17.7 Å². The first-order valence-corrected chi connectivity index (χ1v) is 8.07. The molecule has 8 heteroatoms. The van der Waals surface area contributed by atoms with Crippen LogP contribution < -0.4 is 10.2 Å². The molecule has 26 heavy (non-hydrogen) atoms. The summed E-state index contributed by atoms with van der Waals surface area (Å²) in [6.07, 6.45) is 0. The third-order valence-corrected chi connectivity index (χ3v) is 4.03. The summed E-state index contributed by atoms with van der Waals surface area (Å²) >= 11 is 5.94. The molecule has 0 radical (unpaired) electrons. The molecule has 3 aromatic rings. The molecule has 0 saturated heterocycles. The van der Waals surface area contributed by atoms with Crippen LogP contribution in [0.3, 0.4) is 0 Å². The van der Waals surface area contributed by atoms with Gasteiger partial charge in [-0.05, 0) is 29.8 Å². The van der Waals surface area contributed by atoms with Gasteiger partial charge in [-0.3, -0.25) is 9.89 Å². The molecule has 7 nitrogen and oxygen atoms in total. The lowest BCUT2D eigenvalue weighted by Crippen LogP contribution is -2.19. The van der Waals surface area contributed by atoms with Crippen LogP contribution in [0.25, 0.3) is 22.0 Å². The zero-order valence-corrected chi connectivity index (χ0v) is 14.5. The number of hydrogen-bond donors (Lipinski definition) is 2. The number of ether oxygens (including phenoxy) is 2. The average Bonchev–Trinajstić information content (AvgIpc) is 2.62. The average molecular weight is 375 g/mol. The summed E-state index contributed by atoms with van der Waals surface area (Å²) in [7, 11) is 1.53. The van der Waals surface area contributed by atoms with Gasteiger partial charge in [0, 0.05) is 17.7 Å². The largest absolute Gasteiger partial charge is 0.490 e. The molecule has 0 bridgehead atoms. The van der Waals surface area contributed by atoms with Crippen LogP contribution in [-0.2, 0) is 4.74 Å². The molecule has 0 aliphatic rings. The highest BCUT2D eigenvalue weighted by atomic mass is 35.5. The van der Waals surface area contributed by atoms with Crippen LogP contribution in [0.5, 0.6) is 5.75 Å². The number of nitrogens with zero attached hydrogens (tertiary/aromatic N) is 1. The second-order valence-corrected chi connectivity index (χ2v) is 5.86. The number of rotatable bonds is 6. The summed E-state index contributed by atoms with van der Waals surface area (Å²) < 4.78 is 10.8. The van der Waals surface area contributed by atoms with Gasteiger partial charge in [-0.1, -0.05) is 23.7 Å². The number of carboxylic acids is 1. The van der Waals surface area contributed by atoms with Crippen LogP contribution >= 0.6 is 11.6 Å². The van der Waals surface area contributed by atoms with Gasteiger partial charge in [-0.2, -0.15) is 5.10 Å². The van der Waals surface area contributed by atoms with Crippen molar-refractivity contribution in [2.45, 2.75) is 0 Å². The monoisotopic (exact) mass is 374 g/mol. The molecule has 0 spiro atoms. The Labute approximate surface area is 153 Å². The van der Waals surface area contributed by atoms with Crippen LogP contribution in [0.15, 0.2) is 41.2 Å². The van der Waals surface area contributed by atoms with Crippen molar-refractivity contribution in [3.63, 3.8) is 0 Å². The van der Waals surface area contributed by atoms with E-state index in [1.165, 1.54) is 7.11 Å². The molecule has 2 aromatic carbocycles. The fraction of sp³-hybridized carbons (Fsp3) is 0.167. The number of aromatic amines is 1. The van der Waals surface area contributed by atoms with Gasteiger partial charge in [-0.15, -0.1) is 0 Å². The molecule has 0 fully saturated rings. The minimum Gasteiger partial charge on any atom is -0.490 e. The van der Waals surface area contributed by atoms with Crippen molar-refractivity contribution in [2.24, 2.45) is 0 Å². The Hall–Kier alpha value is -2.90. The zero-order chi connectivity index (χ0) is 18.7. The zero-order valence-electron chi connectivity index (χ0n) is 13.8. The number of nitrogens with one attached hydrogen (secondary N) is 1. The van der Waals surface area contributed by atoms with Crippen LogP contribution in [0.4, 0.5) is 0 Å². The minimum absolute atomic E-state index is 0.126. The molecule has 0 atom stereocenters. The maximum atomic E-state index is 12.7. The van der Waals surface area contributed by atoms with E-state index >= 15 is 0 Å². The van der Waals surface area contributed by atoms with Gasteiger partial charge < -0.3 is 14.6 Å². The maximum Gasteiger partial charge on any atom is 0.360 e. The highest BCUT2D eigenvalue weighted by Gasteiger charge is 2.20. The SMILES string of the molecule is COCCOc1c(-c2ccc(Cl)cc2)ccc2[nH]nc(C(=O)O)c(=O)c12. The normalized spacial score (nSPS) is 10.8. The number of fused-ring (bicyclic) bond motifs is 1. The van der Waals surface area contributed by atoms with E-state index < -0.39 is 17.1 Å². The number of carboxylic acid groups (broad SMARTS) is 1. The Morgan fingerprint density at radius 2 is 1.92 bits per heavy atom. The molecule has 0 unspecified atom stereocenters. The van der Waals surface area contributed by atoms with E-state index in [1.54, 1.807) is 36.4 Å². The van der Waals surface area contributed by atoms with Crippen LogP contribution in [0, 0.1) is 0 Å². The van der Waals surface area contributed by atoms with E-state index in [0.717, 1.165) is 5.56 Å². The highest BCUT2D eigenvalue weighted by molar-refractivity contribution is 6.30. The van der Waals surface area contributed by atoms with Crippen molar-refractivity contribution >= 4 is 28.5 Å². The first kappa shape index (κ1) is 17.9. The molecule has 3 rings (SSSR count). The van der Waals surface area contributed by atoms with Gasteiger partial charge in [0.05, 0.1) is 17.5 Å². The molecule has 134 valence electrons. The van der Waals surface area contributed by atoms with Gasteiger partial charge >= 0.3 is 5.97 Å². The molecule has 0 saturated carbocycles. The number of halogens is 1. The second kappa shape index (κ2) is 7.55. The van der Waals surface area contributed by atoms with E-state index in [0.29, 0.717) is 22.7 Å². The summed E-state index contributed by atoms with van der Waals surface area (Å²) in [5, 5.41) is 16.1. The Bertz CT molecular complexity index is 1010. The van der Waals surface area contributed by atoms with Crippen LogP contribution in [-0.4, -0.2) is 41.6 Å². The highest BCUT2D eigenvalue weighted by Crippen LogP contribution is 2.35. The fourth-order valence-corrected chi connectivity index (χ4v) is 2.69. The summed E-state index contributed by atoms with van der Waals surface area (Å²) in [4.78, 5) is 23.9. The Kier molecular flexibility index (Phi) is 5.20. The molecule has 1 aromatic heterocycles. The summed E-state index contributed by atoms with van der Waals surface area (Å²) in [5.41, 5.74) is 0.483. The number of H-pyrrole nitrogens is 1. The van der Waals surface area contributed by atoms with E-state index in [4.69, 9.17) is 21.1 Å². The number of hydrogen-bond acceptors (Lipinski definition) is 5. The van der Waals surface area contributed by atoms with Crippen molar-refractivity contribution in [3.8, 4) is 16.9 Å². The number of aromatic carboxylic acids is 1. The van der Waals surface area contributed by atoms with Gasteiger partial charge in [0.2, 0.25) is 11.1 Å². The third-order valence-electron chi connectivity index (χ3n) is 3.78. The number of methoxy groups -OCH3 is 1. The molecule has 0 amide bonds. The predicted molar refractivity (Wildman–Crippen MR) is 97.1 cm³/mol. The molecule has 0 aliphatic heterocycles. The molecular weight excluding hydrogens is 360 g/mol. The quantitative estimate of drug-likeness (QED) is 0.643. The summed E-state index contributed by atoms with van der Waals surface area (Å²) in [5.74, 6) is -1.14. The van der Waals surface area contributed by atoms with E-state index in [9.17, 15) is 14.7 Å². The predicted octanol–water partition coefficient (Wildman–Crippen LogP) is 2.97. The van der Waals surface area contributed by atoms with Crippen molar-refractivity contribution in [3.05, 3.63) is 57.3 Å². The minimum atomic E-state index is -1.41. The topological polar surface area (TPSA) is 102 Å². The lowest BCUT2D eigenvalue weighted by Gasteiger charge is -2.14. The number of aromatic nitrogens is 2. The van der Waals surface area contributed by atoms with Crippen molar-refractivity contribution in [2.75, 3.05) is 20.3 Å². The Morgan fingerprint density at radius 1 is 1.19 bits per heavy atom. The van der Waals surface area contributed by atoms with Crippen molar-refractivity contribution in [1.82, 2.24) is 10.2 Å². The summed E-state index contributed by atoms with van der Waals surface area (Å²) in [6, 6.07) is 10.5. The first-order chi connectivity index (χ1) is 12.5. The maximum absolute atomic E-state index is 12.7. The third kappa shape index (κ3) is 3.40. The lowest BCUT2D eigenvalue weighted by molar-refractivity contribution is 0.0688. The standard InChI is InChI=1S/C18H15ClN2O5/c1-25-8-9-26-17-12(10-2-4-11(19)5-3-10)6-7-13-14(17)16(22)15(18(23)24)21-20-13/h2-7H,8-9H2,1H3,(H,20,22)(H,23,24). The Morgan fingerprint density at radius 3 is 2.58 bits per heavy atom. The van der Waals surface area contributed by atoms with Crippen molar-refractivity contribution in [1.29, 1.82) is 0 Å². The molecule has 2 N–H and O–H groups in total. The fourth-order valence-electron chi connectivity index (χ4n) is 2.57. The second-order valence-electron chi connectivity index (χ2n) is 5.42. The summed E-state index contributed by atoms with van der Waals surface area (Å²) in [6.45, 7) is 0.506. The van der Waals surface area contributed by atoms with Crippen LogP contribution in [0.2, 0.25) is 5.02 Å². The van der Waals surface area contributed by atoms with Gasteiger partial charge in [-0.25, -0.2) is 4.79 Å². The van der Waals surface area contributed by atoms with Gasteiger partial charge in [0.15, 0.2) is 0 Å². The van der Waals surface area contributed by atoms with E-state index in [1.807, 2.05) is 0 Å². The Balaban J connectivity index is 2.28. The number of benzene rings is 2. The molecule has 1 heterocycles. The molecule has 0 aliphatic carbocycles. The van der Waals surface area contributed by atoms with Gasteiger partial charge in [0.1, 0.15) is 12.4 Å². The molecular formula is C18H15ClN2O5. The smallest absolute Gasteiger partial charge is 0.360 e. The van der Waals surface area contributed by atoms with Crippen molar-refractivity contribution < 1.29 is 19.4 Å². The number of carbonyl (C=O) groups is 1. The van der Waals surface area contributed by atoms with E-state index in [2.05, 4.69) is 10.2 Å². The first-order valence-electron chi connectivity index (χ1n) is 7.69. The van der Waals surface area contributed by atoms with Gasteiger partial charge in [0.25, 0.3) is 0 Å².